The molecule has 0 fully saturated rings. The van der Waals surface area contributed by atoms with Crippen molar-refractivity contribution in [1.29, 1.82) is 0 Å². The Morgan fingerprint density at radius 3 is 2.75 bits per heavy atom. The van der Waals surface area contributed by atoms with Gasteiger partial charge in [-0.2, -0.15) is 0 Å². The molecule has 90 valence electrons. The zero-order valence-corrected chi connectivity index (χ0v) is 9.70. The molecular formula is C12H18FNO2. The van der Waals surface area contributed by atoms with E-state index in [-0.39, 0.29) is 11.9 Å². The highest BCUT2D eigenvalue weighted by atomic mass is 19.1. The molecule has 2 N–H and O–H groups in total. The molecule has 4 heteroatoms. The van der Waals surface area contributed by atoms with Crippen molar-refractivity contribution >= 4 is 0 Å². The van der Waals surface area contributed by atoms with E-state index in [9.17, 15) is 4.39 Å². The van der Waals surface area contributed by atoms with Crippen LogP contribution in [-0.2, 0) is 4.74 Å². The molecule has 0 amide bonds. The number of rotatable bonds is 6. The molecule has 1 unspecified atom stereocenters. The number of nitrogens with two attached hydrogens (primary N) is 1. The second-order valence-corrected chi connectivity index (χ2v) is 3.60. The Labute approximate surface area is 95.4 Å². The van der Waals surface area contributed by atoms with Gasteiger partial charge in [-0.3, -0.25) is 0 Å². The normalized spacial score (nSPS) is 12.5. The molecule has 3 nitrogen and oxygen atoms in total. The minimum absolute atomic E-state index is 0.315. The first-order valence-electron chi connectivity index (χ1n) is 5.27. The molecule has 0 radical (unpaired) electrons. The van der Waals surface area contributed by atoms with Crippen molar-refractivity contribution in [2.75, 3.05) is 20.8 Å². The van der Waals surface area contributed by atoms with E-state index in [0.717, 1.165) is 6.42 Å². The smallest absolute Gasteiger partial charge is 0.131 e. The van der Waals surface area contributed by atoms with E-state index in [4.69, 9.17) is 15.2 Å². The number of hydrogen-bond donors (Lipinski definition) is 1. The van der Waals surface area contributed by atoms with Gasteiger partial charge in [0.05, 0.1) is 7.11 Å². The molecule has 0 aliphatic carbocycles. The maximum atomic E-state index is 13.6. The zero-order valence-electron chi connectivity index (χ0n) is 9.70. The third-order valence-corrected chi connectivity index (χ3v) is 2.47. The van der Waals surface area contributed by atoms with E-state index < -0.39 is 0 Å². The van der Waals surface area contributed by atoms with Crippen LogP contribution in [-0.4, -0.2) is 20.8 Å². The van der Waals surface area contributed by atoms with Crippen molar-refractivity contribution in [1.82, 2.24) is 0 Å². The van der Waals surface area contributed by atoms with Crippen LogP contribution in [0.15, 0.2) is 18.2 Å². The van der Waals surface area contributed by atoms with E-state index in [1.807, 2.05) is 0 Å². The van der Waals surface area contributed by atoms with E-state index in [1.54, 1.807) is 19.2 Å². The number of ether oxygens (including phenoxy) is 2. The summed E-state index contributed by atoms with van der Waals surface area (Å²) in [6, 6.07) is 4.37. The lowest BCUT2D eigenvalue weighted by Crippen LogP contribution is -2.14. The summed E-state index contributed by atoms with van der Waals surface area (Å²) < 4.78 is 23.6. The van der Waals surface area contributed by atoms with Gasteiger partial charge < -0.3 is 15.2 Å². The van der Waals surface area contributed by atoms with Gasteiger partial charge in [0, 0.05) is 25.3 Å². The van der Waals surface area contributed by atoms with Crippen LogP contribution in [0, 0.1) is 5.82 Å². The molecule has 0 bridgehead atoms. The molecule has 0 spiro atoms. The first-order valence-corrected chi connectivity index (χ1v) is 5.27. The van der Waals surface area contributed by atoms with Gasteiger partial charge in [-0.05, 0) is 25.0 Å². The van der Waals surface area contributed by atoms with E-state index in [2.05, 4.69) is 0 Å². The highest BCUT2D eigenvalue weighted by molar-refractivity contribution is 5.36. The SMILES string of the molecule is COCCCC(N)c1c(F)cccc1OC. The summed E-state index contributed by atoms with van der Waals surface area (Å²) in [4.78, 5) is 0. The Morgan fingerprint density at radius 1 is 1.38 bits per heavy atom. The van der Waals surface area contributed by atoms with Gasteiger partial charge in [-0.15, -0.1) is 0 Å². The van der Waals surface area contributed by atoms with Crippen LogP contribution in [0.3, 0.4) is 0 Å². The lowest BCUT2D eigenvalue weighted by Gasteiger charge is -2.16. The van der Waals surface area contributed by atoms with Crippen LogP contribution >= 0.6 is 0 Å². The standard InChI is InChI=1S/C12H18FNO2/c1-15-8-4-6-10(14)12-9(13)5-3-7-11(12)16-2/h3,5,7,10H,4,6,8,14H2,1-2H3. The molecule has 0 saturated heterocycles. The van der Waals surface area contributed by atoms with Crippen molar-refractivity contribution in [3.63, 3.8) is 0 Å². The molecule has 16 heavy (non-hydrogen) atoms. The summed E-state index contributed by atoms with van der Waals surface area (Å²) in [7, 11) is 3.15. The Hall–Kier alpha value is -1.13. The van der Waals surface area contributed by atoms with Crippen LogP contribution in [0.4, 0.5) is 4.39 Å². The molecule has 1 aromatic rings. The van der Waals surface area contributed by atoms with Gasteiger partial charge in [0.15, 0.2) is 0 Å². The van der Waals surface area contributed by atoms with Crippen molar-refractivity contribution in [3.05, 3.63) is 29.6 Å². The Kier molecular flexibility index (Phi) is 5.22. The Bertz CT molecular complexity index is 331. The largest absolute Gasteiger partial charge is 0.496 e. The average Bonchev–Trinajstić information content (AvgIpc) is 2.28. The number of hydrogen-bond acceptors (Lipinski definition) is 3. The van der Waals surface area contributed by atoms with Crippen LogP contribution < -0.4 is 10.5 Å². The first-order chi connectivity index (χ1) is 7.70. The van der Waals surface area contributed by atoms with E-state index >= 15 is 0 Å². The van der Waals surface area contributed by atoms with Crippen molar-refractivity contribution in [2.24, 2.45) is 5.73 Å². The zero-order chi connectivity index (χ0) is 12.0. The van der Waals surface area contributed by atoms with Crippen LogP contribution in [0.1, 0.15) is 24.4 Å². The number of benzene rings is 1. The molecular weight excluding hydrogens is 209 g/mol. The van der Waals surface area contributed by atoms with E-state index in [1.165, 1.54) is 13.2 Å². The van der Waals surface area contributed by atoms with Gasteiger partial charge in [-0.25, -0.2) is 4.39 Å². The highest BCUT2D eigenvalue weighted by Gasteiger charge is 2.16. The monoisotopic (exact) mass is 227 g/mol. The van der Waals surface area contributed by atoms with Gasteiger partial charge in [0.1, 0.15) is 11.6 Å². The topological polar surface area (TPSA) is 44.5 Å². The molecule has 0 saturated carbocycles. The maximum absolute atomic E-state index is 13.6. The summed E-state index contributed by atoms with van der Waals surface area (Å²) in [5, 5.41) is 0. The van der Waals surface area contributed by atoms with Gasteiger partial charge in [0.25, 0.3) is 0 Å². The molecule has 0 heterocycles. The Morgan fingerprint density at radius 2 is 2.12 bits per heavy atom. The second kappa shape index (κ2) is 6.45. The first kappa shape index (κ1) is 12.9. The fourth-order valence-electron chi connectivity index (χ4n) is 1.65. The minimum Gasteiger partial charge on any atom is -0.496 e. The van der Waals surface area contributed by atoms with Gasteiger partial charge in [0.2, 0.25) is 0 Å². The fraction of sp³-hybridized carbons (Fsp3) is 0.500. The van der Waals surface area contributed by atoms with E-state index in [0.29, 0.717) is 24.3 Å². The molecule has 0 aliphatic rings. The lowest BCUT2D eigenvalue weighted by molar-refractivity contribution is 0.190. The molecule has 1 aromatic carbocycles. The molecule has 0 aromatic heterocycles. The summed E-state index contributed by atoms with van der Waals surface area (Å²) in [5.74, 6) is 0.189. The number of halogens is 1. The summed E-state index contributed by atoms with van der Waals surface area (Å²) in [5.41, 5.74) is 6.38. The predicted octanol–water partition coefficient (Wildman–Crippen LogP) is 2.26. The molecule has 1 atom stereocenters. The third-order valence-electron chi connectivity index (χ3n) is 2.47. The van der Waals surface area contributed by atoms with Crippen LogP contribution in [0.25, 0.3) is 0 Å². The van der Waals surface area contributed by atoms with Crippen LogP contribution in [0.2, 0.25) is 0 Å². The Balaban J connectivity index is 2.76. The predicted molar refractivity (Wildman–Crippen MR) is 61.0 cm³/mol. The van der Waals surface area contributed by atoms with Crippen molar-refractivity contribution in [2.45, 2.75) is 18.9 Å². The molecule has 1 rings (SSSR count). The second-order valence-electron chi connectivity index (χ2n) is 3.60. The fourth-order valence-corrected chi connectivity index (χ4v) is 1.65. The quantitative estimate of drug-likeness (QED) is 0.758. The third kappa shape index (κ3) is 3.18. The summed E-state index contributed by atoms with van der Waals surface area (Å²) in [6.45, 7) is 0.629. The summed E-state index contributed by atoms with van der Waals surface area (Å²) >= 11 is 0. The lowest BCUT2D eigenvalue weighted by atomic mass is 10.0. The highest BCUT2D eigenvalue weighted by Crippen LogP contribution is 2.28. The maximum Gasteiger partial charge on any atom is 0.131 e. The van der Waals surface area contributed by atoms with Gasteiger partial charge in [-0.1, -0.05) is 6.07 Å². The van der Waals surface area contributed by atoms with Gasteiger partial charge >= 0.3 is 0 Å². The average molecular weight is 227 g/mol. The minimum atomic E-state index is -0.355. The molecule has 0 aliphatic heterocycles. The summed E-state index contributed by atoms with van der Waals surface area (Å²) in [6.07, 6.45) is 1.47. The van der Waals surface area contributed by atoms with Crippen LogP contribution in [0.5, 0.6) is 5.75 Å². The van der Waals surface area contributed by atoms with Crippen molar-refractivity contribution < 1.29 is 13.9 Å². The van der Waals surface area contributed by atoms with Crippen molar-refractivity contribution in [3.8, 4) is 5.75 Å². The number of methoxy groups -OCH3 is 2.